The Bertz CT molecular complexity index is 412. The maximum Gasteiger partial charge on any atom is 0.387 e. The predicted octanol–water partition coefficient (Wildman–Crippen LogP) is 3.32. The molecule has 0 amide bonds. The monoisotopic (exact) mass is 335 g/mol. The van der Waals surface area contributed by atoms with Crippen LogP contribution >= 0.6 is 15.9 Å². The summed E-state index contributed by atoms with van der Waals surface area (Å²) < 4.78 is 35.4. The lowest BCUT2D eigenvalue weighted by molar-refractivity contribution is -0.0505. The summed E-state index contributed by atoms with van der Waals surface area (Å²) in [5.74, 6) is 0.207. The third-order valence-corrected chi connectivity index (χ3v) is 3.44. The van der Waals surface area contributed by atoms with Crippen molar-refractivity contribution in [1.29, 1.82) is 0 Å². The number of ether oxygens (including phenoxy) is 2. The minimum absolute atomic E-state index is 0.207. The second-order valence-corrected chi connectivity index (χ2v) is 5.31. The Hall–Kier alpha value is -0.720. The quantitative estimate of drug-likeness (QED) is 0.865. The Morgan fingerprint density at radius 1 is 1.47 bits per heavy atom. The lowest BCUT2D eigenvalue weighted by Crippen LogP contribution is -2.26. The Morgan fingerprint density at radius 3 is 3.00 bits per heavy atom. The molecule has 0 aromatic heterocycles. The van der Waals surface area contributed by atoms with Crippen LogP contribution in [0.25, 0.3) is 0 Å². The molecule has 106 valence electrons. The third-order valence-electron chi connectivity index (χ3n) is 2.95. The van der Waals surface area contributed by atoms with E-state index in [0.29, 0.717) is 12.1 Å². The van der Waals surface area contributed by atoms with E-state index in [1.165, 1.54) is 0 Å². The summed E-state index contributed by atoms with van der Waals surface area (Å²) in [7, 11) is 0. The van der Waals surface area contributed by atoms with Crippen molar-refractivity contribution < 1.29 is 18.3 Å². The third kappa shape index (κ3) is 4.71. The zero-order chi connectivity index (χ0) is 13.7. The molecule has 1 fully saturated rings. The average Bonchev–Trinajstić information content (AvgIpc) is 2.85. The van der Waals surface area contributed by atoms with Crippen molar-refractivity contribution in [2.75, 3.05) is 13.2 Å². The van der Waals surface area contributed by atoms with E-state index in [4.69, 9.17) is 4.74 Å². The predicted molar refractivity (Wildman–Crippen MR) is 71.5 cm³/mol. The molecule has 2 rings (SSSR count). The summed E-state index contributed by atoms with van der Waals surface area (Å²) in [6, 6.07) is 5.00. The molecule has 3 nitrogen and oxygen atoms in total. The minimum Gasteiger partial charge on any atom is -0.434 e. The fraction of sp³-hybridized carbons (Fsp3) is 0.538. The molecule has 0 unspecified atom stereocenters. The van der Waals surface area contributed by atoms with Crippen molar-refractivity contribution in [1.82, 2.24) is 5.32 Å². The lowest BCUT2D eigenvalue weighted by Gasteiger charge is -2.14. The van der Waals surface area contributed by atoms with Crippen LogP contribution in [0.15, 0.2) is 22.7 Å². The van der Waals surface area contributed by atoms with Gasteiger partial charge in [0.2, 0.25) is 0 Å². The van der Waals surface area contributed by atoms with Gasteiger partial charge in [-0.05, 0) is 31.0 Å². The first-order chi connectivity index (χ1) is 9.15. The molecule has 0 aliphatic carbocycles. The number of benzene rings is 1. The highest BCUT2D eigenvalue weighted by Gasteiger charge is 2.15. The normalized spacial score (nSPS) is 19.1. The maximum atomic E-state index is 12.3. The SMILES string of the molecule is FC(F)Oc1ccc(Br)cc1CNC[C@H]1CCCO1. The topological polar surface area (TPSA) is 30.5 Å². The first-order valence-corrected chi connectivity index (χ1v) is 7.00. The van der Waals surface area contributed by atoms with Crippen LogP contribution in [0.2, 0.25) is 0 Å². The lowest BCUT2D eigenvalue weighted by atomic mass is 10.2. The van der Waals surface area contributed by atoms with Crippen LogP contribution in [0.1, 0.15) is 18.4 Å². The van der Waals surface area contributed by atoms with Crippen molar-refractivity contribution in [2.45, 2.75) is 32.1 Å². The molecular formula is C13H16BrF2NO2. The first-order valence-electron chi connectivity index (χ1n) is 6.20. The Morgan fingerprint density at radius 2 is 2.32 bits per heavy atom. The Labute approximate surface area is 119 Å². The van der Waals surface area contributed by atoms with Crippen molar-refractivity contribution in [3.8, 4) is 5.75 Å². The van der Waals surface area contributed by atoms with Gasteiger partial charge in [-0.1, -0.05) is 15.9 Å². The summed E-state index contributed by atoms with van der Waals surface area (Å²) in [5.41, 5.74) is 0.702. The highest BCUT2D eigenvalue weighted by Crippen LogP contribution is 2.24. The maximum absolute atomic E-state index is 12.3. The first kappa shape index (κ1) is 14.7. The van der Waals surface area contributed by atoms with Crippen molar-refractivity contribution >= 4 is 15.9 Å². The van der Waals surface area contributed by atoms with Gasteiger partial charge in [-0.2, -0.15) is 8.78 Å². The molecule has 1 aromatic rings. The molecule has 1 aliphatic heterocycles. The van der Waals surface area contributed by atoms with Gasteiger partial charge in [0, 0.05) is 29.7 Å². The van der Waals surface area contributed by atoms with Crippen LogP contribution < -0.4 is 10.1 Å². The number of hydrogen-bond acceptors (Lipinski definition) is 3. The zero-order valence-corrected chi connectivity index (χ0v) is 12.0. The molecule has 1 aromatic carbocycles. The van der Waals surface area contributed by atoms with Crippen LogP contribution in [-0.4, -0.2) is 25.9 Å². The van der Waals surface area contributed by atoms with Gasteiger partial charge in [0.25, 0.3) is 0 Å². The van der Waals surface area contributed by atoms with E-state index in [9.17, 15) is 8.78 Å². The van der Waals surface area contributed by atoms with E-state index in [-0.39, 0.29) is 11.9 Å². The van der Waals surface area contributed by atoms with Crippen molar-refractivity contribution in [3.63, 3.8) is 0 Å². The average molecular weight is 336 g/mol. The van der Waals surface area contributed by atoms with Gasteiger partial charge in [-0.3, -0.25) is 0 Å². The molecule has 0 bridgehead atoms. The fourth-order valence-corrected chi connectivity index (χ4v) is 2.48. The summed E-state index contributed by atoms with van der Waals surface area (Å²) in [6.07, 6.45) is 2.36. The summed E-state index contributed by atoms with van der Waals surface area (Å²) >= 11 is 3.33. The number of halogens is 3. The molecule has 0 radical (unpaired) electrons. The molecule has 1 heterocycles. The number of nitrogens with one attached hydrogen (secondary N) is 1. The van der Waals surface area contributed by atoms with Crippen LogP contribution in [0.5, 0.6) is 5.75 Å². The van der Waals surface area contributed by atoms with E-state index < -0.39 is 6.61 Å². The van der Waals surface area contributed by atoms with E-state index in [1.807, 2.05) is 0 Å². The molecule has 19 heavy (non-hydrogen) atoms. The smallest absolute Gasteiger partial charge is 0.387 e. The largest absolute Gasteiger partial charge is 0.434 e. The van der Waals surface area contributed by atoms with Gasteiger partial charge in [-0.15, -0.1) is 0 Å². The van der Waals surface area contributed by atoms with Crippen molar-refractivity contribution in [3.05, 3.63) is 28.2 Å². The van der Waals surface area contributed by atoms with Crippen molar-refractivity contribution in [2.24, 2.45) is 0 Å². The van der Waals surface area contributed by atoms with E-state index >= 15 is 0 Å². The Kier molecular flexibility index (Phi) is 5.54. The summed E-state index contributed by atoms with van der Waals surface area (Å²) in [4.78, 5) is 0. The van der Waals surface area contributed by atoms with Gasteiger partial charge >= 0.3 is 6.61 Å². The van der Waals surface area contributed by atoms with Crippen LogP contribution in [0, 0.1) is 0 Å². The van der Waals surface area contributed by atoms with E-state index in [2.05, 4.69) is 26.0 Å². The second-order valence-electron chi connectivity index (χ2n) is 4.40. The number of alkyl halides is 2. The Balaban J connectivity index is 1.91. The second kappa shape index (κ2) is 7.17. The molecule has 0 spiro atoms. The van der Waals surface area contributed by atoms with Crippen LogP contribution in [0.3, 0.4) is 0 Å². The van der Waals surface area contributed by atoms with Gasteiger partial charge in [-0.25, -0.2) is 0 Å². The molecule has 1 saturated heterocycles. The summed E-state index contributed by atoms with van der Waals surface area (Å²) in [5, 5.41) is 3.21. The number of hydrogen-bond donors (Lipinski definition) is 1. The van der Waals surface area contributed by atoms with Gasteiger partial charge in [0.15, 0.2) is 0 Å². The standard InChI is InChI=1S/C13H16BrF2NO2/c14-10-3-4-12(19-13(15)16)9(6-10)7-17-8-11-2-1-5-18-11/h3-4,6,11,13,17H,1-2,5,7-8H2/t11-/m1/s1. The zero-order valence-electron chi connectivity index (χ0n) is 10.4. The fourth-order valence-electron chi connectivity index (χ4n) is 2.07. The molecule has 0 saturated carbocycles. The van der Waals surface area contributed by atoms with E-state index in [0.717, 1.165) is 30.5 Å². The highest BCUT2D eigenvalue weighted by atomic mass is 79.9. The molecular weight excluding hydrogens is 320 g/mol. The minimum atomic E-state index is -2.81. The van der Waals surface area contributed by atoms with Crippen LogP contribution in [0.4, 0.5) is 8.78 Å². The van der Waals surface area contributed by atoms with Gasteiger partial charge in [0.05, 0.1) is 6.10 Å². The summed E-state index contributed by atoms with van der Waals surface area (Å²) in [6.45, 7) is -0.802. The van der Waals surface area contributed by atoms with E-state index in [1.54, 1.807) is 18.2 Å². The number of rotatable bonds is 6. The van der Waals surface area contributed by atoms with Gasteiger partial charge in [0.1, 0.15) is 5.75 Å². The highest BCUT2D eigenvalue weighted by molar-refractivity contribution is 9.10. The molecule has 6 heteroatoms. The molecule has 1 aliphatic rings. The molecule has 1 atom stereocenters. The molecule has 1 N–H and O–H groups in total. The van der Waals surface area contributed by atoms with Gasteiger partial charge < -0.3 is 14.8 Å². The van der Waals surface area contributed by atoms with Crippen LogP contribution in [-0.2, 0) is 11.3 Å².